The van der Waals surface area contributed by atoms with Gasteiger partial charge in [-0.15, -0.1) is 0 Å². The van der Waals surface area contributed by atoms with E-state index in [1.807, 2.05) is 0 Å². The number of carbonyl (C=O) groups is 1. The monoisotopic (exact) mass is 491 g/mol. The molecule has 0 saturated heterocycles. The van der Waals surface area contributed by atoms with Gasteiger partial charge in [0, 0.05) is 0 Å². The van der Waals surface area contributed by atoms with E-state index in [-0.39, 0.29) is 0 Å². The first-order chi connectivity index (χ1) is 13.4. The first-order valence-corrected chi connectivity index (χ1v) is 8.40. The Morgan fingerprint density at radius 1 is 0.581 bits per heavy atom. The molecule has 0 fully saturated rings. The molecule has 0 atom stereocenters. The zero-order valence-corrected chi connectivity index (χ0v) is 16.3. The third-order valence-electron chi connectivity index (χ3n) is 4.12. The molecule has 0 aromatic rings. The normalized spacial score (nSPS) is 14.4. The molecule has 4 nitrogen and oxygen atoms in total. The summed E-state index contributed by atoms with van der Waals surface area (Å²) in [4.78, 5) is 13.3. The van der Waals surface area contributed by atoms with Gasteiger partial charge in [0.15, 0.2) is 0 Å². The second kappa shape index (κ2) is 10.6. The van der Waals surface area contributed by atoms with Crippen molar-refractivity contribution >= 4 is 5.78 Å². The van der Waals surface area contributed by atoms with Gasteiger partial charge in [0.1, 0.15) is 5.78 Å². The Labute approximate surface area is 168 Å². The van der Waals surface area contributed by atoms with Gasteiger partial charge in [-0.3, -0.25) is 4.79 Å². The van der Waals surface area contributed by atoms with Gasteiger partial charge in [-0.25, -0.2) is 0 Å². The molecule has 2 N–H and O–H groups in total. The largest absolute Gasteiger partial charge is 0.426 e. The summed E-state index contributed by atoms with van der Waals surface area (Å²) in [6.45, 7) is 10.1. The van der Waals surface area contributed by atoms with E-state index < -0.39 is 54.5 Å². The van der Waals surface area contributed by atoms with Crippen molar-refractivity contribution in [1.82, 2.24) is 4.90 Å². The van der Waals surface area contributed by atoms with Crippen LogP contribution in [0.4, 0.5) is 52.7 Å². The lowest BCUT2D eigenvalue weighted by molar-refractivity contribution is -0.372. The van der Waals surface area contributed by atoms with E-state index in [1.165, 1.54) is 19.6 Å². The van der Waals surface area contributed by atoms with Gasteiger partial charge in [0.2, 0.25) is 0 Å². The molecule has 0 aromatic carbocycles. The van der Waals surface area contributed by atoms with Crippen LogP contribution >= 0.6 is 0 Å². The van der Waals surface area contributed by atoms with E-state index in [9.17, 15) is 57.5 Å². The van der Waals surface area contributed by atoms with Crippen molar-refractivity contribution in [1.29, 1.82) is 0 Å². The molecule has 0 saturated carbocycles. The van der Waals surface area contributed by atoms with Crippen LogP contribution in [0.5, 0.6) is 0 Å². The number of aliphatic hydroxyl groups is 2. The number of hydrogen-bond donors (Lipinski definition) is 2. The molecular formula is C15H21F12NO3. The highest BCUT2D eigenvalue weighted by atomic mass is 19.4. The second-order valence-corrected chi connectivity index (χ2v) is 6.22. The lowest BCUT2D eigenvalue weighted by Crippen LogP contribution is -2.61. The van der Waals surface area contributed by atoms with Crippen molar-refractivity contribution in [3.05, 3.63) is 0 Å². The van der Waals surface area contributed by atoms with E-state index in [0.29, 0.717) is 0 Å². The van der Waals surface area contributed by atoms with Crippen molar-refractivity contribution in [3.8, 4) is 0 Å². The van der Waals surface area contributed by atoms with E-state index in [1.54, 1.807) is 0 Å². The zero-order chi connectivity index (χ0) is 25.7. The topological polar surface area (TPSA) is 60.8 Å². The van der Waals surface area contributed by atoms with Gasteiger partial charge < -0.3 is 15.1 Å². The molecule has 0 aliphatic carbocycles. The van der Waals surface area contributed by atoms with Crippen LogP contribution < -0.4 is 0 Å². The van der Waals surface area contributed by atoms with Crippen LogP contribution in [0.1, 0.15) is 33.6 Å². The fraction of sp³-hybridized carbons (Fsp3) is 0.933. The third-order valence-corrected chi connectivity index (χ3v) is 4.12. The predicted molar refractivity (Wildman–Crippen MR) is 81.8 cm³/mol. The van der Waals surface area contributed by atoms with E-state index in [2.05, 4.69) is 25.7 Å². The third kappa shape index (κ3) is 7.97. The quantitative estimate of drug-likeness (QED) is 0.519. The van der Waals surface area contributed by atoms with Gasteiger partial charge in [-0.2, -0.15) is 52.7 Å². The maximum Gasteiger partial charge on any atom is 0.426 e. The molecule has 0 aromatic heterocycles. The molecule has 0 spiro atoms. The predicted octanol–water partition coefficient (Wildman–Crippen LogP) is 4.40. The summed E-state index contributed by atoms with van der Waals surface area (Å²) < 4.78 is 147. The van der Waals surface area contributed by atoms with Gasteiger partial charge in [-0.05, 0) is 19.6 Å². The lowest BCUT2D eigenvalue weighted by atomic mass is 9.88. The van der Waals surface area contributed by atoms with Gasteiger partial charge in [-0.1, -0.05) is 20.8 Å². The summed E-state index contributed by atoms with van der Waals surface area (Å²) >= 11 is 0. The Balaban J connectivity index is 0. The van der Waals surface area contributed by atoms with Crippen molar-refractivity contribution < 1.29 is 67.7 Å². The Morgan fingerprint density at radius 2 is 0.774 bits per heavy atom. The zero-order valence-electron chi connectivity index (χ0n) is 16.3. The minimum atomic E-state index is -6.63. The van der Waals surface area contributed by atoms with Crippen LogP contribution in [0.15, 0.2) is 0 Å². The van der Waals surface area contributed by atoms with Gasteiger partial charge >= 0.3 is 24.7 Å². The highest BCUT2D eigenvalue weighted by molar-refractivity contribution is 5.81. The maximum atomic E-state index is 12.2. The minimum absolute atomic E-state index is 1.19. The van der Waals surface area contributed by atoms with E-state index in [4.69, 9.17) is 10.2 Å². The molecule has 0 rings (SSSR count). The molecule has 0 aliphatic rings. The molecule has 0 heterocycles. The van der Waals surface area contributed by atoms with Crippen molar-refractivity contribution in [2.75, 3.05) is 19.6 Å². The van der Waals surface area contributed by atoms with Crippen molar-refractivity contribution in [2.45, 2.75) is 69.5 Å². The SMILES string of the molecule is CCN(CC)CC.O=C(CC(O)(C(F)(F)F)C(F)(F)F)CC(O)(C(F)(F)F)C(F)(F)F. The minimum Gasteiger partial charge on any atom is -0.373 e. The van der Waals surface area contributed by atoms with Crippen LogP contribution in [0.3, 0.4) is 0 Å². The molecule has 16 heteroatoms. The van der Waals surface area contributed by atoms with Crippen LogP contribution in [-0.4, -0.2) is 76.4 Å². The Morgan fingerprint density at radius 3 is 0.871 bits per heavy atom. The van der Waals surface area contributed by atoms with E-state index >= 15 is 0 Å². The number of carbonyl (C=O) groups excluding carboxylic acids is 1. The number of nitrogens with zero attached hydrogens (tertiary/aromatic N) is 1. The van der Waals surface area contributed by atoms with E-state index in [0.717, 1.165) is 0 Å². The first-order valence-electron chi connectivity index (χ1n) is 8.40. The standard InChI is InChI=1S/C9H6F12O3.C6H15N/c10-6(11,12)4(23,7(13,14)15)1-3(22)2-5(24,8(16,17)18)9(19,20)21;1-4-7(5-2)6-3/h23-24H,1-2H2;4-6H2,1-3H3. The van der Waals surface area contributed by atoms with Crippen molar-refractivity contribution in [3.63, 3.8) is 0 Å². The molecule has 0 amide bonds. The molecule has 0 bridgehead atoms. The highest BCUT2D eigenvalue weighted by Crippen LogP contribution is 2.48. The second-order valence-electron chi connectivity index (χ2n) is 6.22. The number of Topliss-reactive ketones (excluding diaryl/α,β-unsaturated/α-hetero) is 1. The maximum absolute atomic E-state index is 12.2. The van der Waals surface area contributed by atoms with Crippen LogP contribution in [-0.2, 0) is 4.79 Å². The number of alkyl halides is 12. The average Bonchev–Trinajstić information content (AvgIpc) is 2.52. The Kier molecular flexibility index (Phi) is 10.9. The molecule has 0 aliphatic heterocycles. The van der Waals surface area contributed by atoms with Gasteiger partial charge in [0.05, 0.1) is 12.8 Å². The molecule has 0 unspecified atom stereocenters. The summed E-state index contributed by atoms with van der Waals surface area (Å²) in [7, 11) is 0. The Bertz CT molecular complexity index is 486. The summed E-state index contributed by atoms with van der Waals surface area (Å²) in [6.07, 6.45) is -32.9. The molecular weight excluding hydrogens is 470 g/mol. The molecule has 31 heavy (non-hydrogen) atoms. The summed E-state index contributed by atoms with van der Waals surface area (Å²) in [5, 5.41) is 17.1. The average molecular weight is 491 g/mol. The summed E-state index contributed by atoms with van der Waals surface area (Å²) in [5.41, 5.74) is -11.8. The smallest absolute Gasteiger partial charge is 0.373 e. The highest BCUT2D eigenvalue weighted by Gasteiger charge is 2.74. The van der Waals surface area contributed by atoms with Crippen LogP contribution in [0.2, 0.25) is 0 Å². The fourth-order valence-electron chi connectivity index (χ4n) is 2.03. The molecule has 0 radical (unpaired) electrons. The summed E-state index contributed by atoms with van der Waals surface area (Å²) in [6, 6.07) is 0. The van der Waals surface area contributed by atoms with Crippen LogP contribution in [0.25, 0.3) is 0 Å². The first kappa shape index (κ1) is 31.9. The van der Waals surface area contributed by atoms with Crippen LogP contribution in [0, 0.1) is 0 Å². The number of hydrogen-bond acceptors (Lipinski definition) is 4. The Hall–Kier alpha value is -1.29. The number of rotatable bonds is 7. The van der Waals surface area contributed by atoms with Gasteiger partial charge in [0.25, 0.3) is 11.2 Å². The van der Waals surface area contributed by atoms with Crippen molar-refractivity contribution in [2.24, 2.45) is 0 Å². The summed E-state index contributed by atoms with van der Waals surface area (Å²) in [5.74, 6) is -2.97. The number of halogens is 12. The molecule has 188 valence electrons. The lowest BCUT2D eigenvalue weighted by Gasteiger charge is -2.34. The fourth-order valence-corrected chi connectivity index (χ4v) is 2.03. The number of ketones is 1.